The minimum atomic E-state index is -0.345. The lowest BCUT2D eigenvalue weighted by molar-refractivity contribution is -0.144. The van der Waals surface area contributed by atoms with E-state index >= 15 is 0 Å². The van der Waals surface area contributed by atoms with Crippen LogP contribution in [0, 0.1) is 6.92 Å². The van der Waals surface area contributed by atoms with Crippen molar-refractivity contribution >= 4 is 17.6 Å². The molecule has 1 amide bonds. The summed E-state index contributed by atoms with van der Waals surface area (Å²) in [4.78, 5) is 22.6. The van der Waals surface area contributed by atoms with E-state index < -0.39 is 0 Å². The van der Waals surface area contributed by atoms with Crippen molar-refractivity contribution in [2.45, 2.75) is 26.9 Å². The summed E-state index contributed by atoms with van der Waals surface area (Å²) in [7, 11) is 0. The van der Waals surface area contributed by atoms with Gasteiger partial charge in [-0.25, -0.2) is 0 Å². The van der Waals surface area contributed by atoms with Crippen molar-refractivity contribution in [3.05, 3.63) is 47.3 Å². The van der Waals surface area contributed by atoms with E-state index in [9.17, 15) is 9.59 Å². The molecule has 21 heavy (non-hydrogen) atoms. The van der Waals surface area contributed by atoms with Gasteiger partial charge in [0.2, 0.25) is 5.91 Å². The summed E-state index contributed by atoms with van der Waals surface area (Å²) in [6.45, 7) is 3.31. The van der Waals surface area contributed by atoms with Gasteiger partial charge in [-0.3, -0.25) is 9.59 Å². The van der Waals surface area contributed by atoms with Crippen LogP contribution in [0.25, 0.3) is 0 Å². The predicted octanol–water partition coefficient (Wildman–Crippen LogP) is 2.23. The molecule has 0 unspecified atom stereocenters. The quantitative estimate of drug-likeness (QED) is 0.853. The molecule has 1 heterocycles. The lowest BCUT2D eigenvalue weighted by atomic mass is 10.1. The first-order valence-electron chi connectivity index (χ1n) is 6.47. The minimum Gasteiger partial charge on any atom is -0.459 e. The highest BCUT2D eigenvalue weighted by atomic mass is 16.5. The number of amides is 1. The zero-order valence-corrected chi connectivity index (χ0v) is 11.9. The second-order valence-corrected chi connectivity index (χ2v) is 4.64. The zero-order chi connectivity index (χ0) is 15.2. The maximum absolute atomic E-state index is 11.7. The molecule has 6 heteroatoms. The van der Waals surface area contributed by atoms with E-state index in [1.54, 1.807) is 37.3 Å². The van der Waals surface area contributed by atoms with Gasteiger partial charge in [-0.05, 0) is 24.6 Å². The van der Waals surface area contributed by atoms with E-state index in [1.807, 2.05) is 0 Å². The number of aryl methyl sites for hydroxylation is 1. The fraction of sp³-hybridized carbons (Fsp3) is 0.267. The topological polar surface area (TPSA) is 81.4 Å². The molecule has 1 aromatic heterocycles. The highest BCUT2D eigenvalue weighted by Crippen LogP contribution is 2.11. The molecule has 1 N–H and O–H groups in total. The molecule has 0 aliphatic carbocycles. The molecule has 0 saturated heterocycles. The summed E-state index contributed by atoms with van der Waals surface area (Å²) >= 11 is 0. The fourth-order valence-electron chi connectivity index (χ4n) is 1.77. The minimum absolute atomic E-state index is 0.0974. The number of nitrogens with one attached hydrogen (secondary N) is 1. The Labute approximate surface area is 122 Å². The van der Waals surface area contributed by atoms with Crippen molar-refractivity contribution in [1.82, 2.24) is 5.16 Å². The average molecular weight is 288 g/mol. The molecule has 0 aliphatic heterocycles. The van der Waals surface area contributed by atoms with Crippen LogP contribution in [-0.4, -0.2) is 17.0 Å². The molecule has 2 aromatic rings. The number of nitrogens with zero attached hydrogens (tertiary/aromatic N) is 1. The summed E-state index contributed by atoms with van der Waals surface area (Å²) in [6, 6.07) is 8.74. The van der Waals surface area contributed by atoms with Crippen LogP contribution >= 0.6 is 0 Å². The van der Waals surface area contributed by atoms with E-state index in [0.29, 0.717) is 17.1 Å². The van der Waals surface area contributed by atoms with Gasteiger partial charge in [0.25, 0.3) is 0 Å². The number of aromatic nitrogens is 1. The summed E-state index contributed by atoms with van der Waals surface area (Å²) in [6.07, 6.45) is 0.164. The summed E-state index contributed by atoms with van der Waals surface area (Å²) in [5.74, 6) is 0.197. The summed E-state index contributed by atoms with van der Waals surface area (Å²) in [5, 5.41) is 6.40. The van der Waals surface area contributed by atoms with E-state index in [4.69, 9.17) is 9.26 Å². The molecule has 6 nitrogen and oxygen atoms in total. The molecular formula is C15H16N2O4. The Bertz CT molecular complexity index is 631. The van der Waals surface area contributed by atoms with E-state index in [-0.39, 0.29) is 24.9 Å². The SMILES string of the molecule is CC(=O)Nc1ccc(CC(=O)OCc2cc(C)on2)cc1. The second-order valence-electron chi connectivity index (χ2n) is 4.64. The Kier molecular flexibility index (Phi) is 4.71. The molecule has 110 valence electrons. The first kappa shape index (κ1) is 14.8. The number of esters is 1. The maximum Gasteiger partial charge on any atom is 0.310 e. The number of hydrogen-bond acceptors (Lipinski definition) is 5. The van der Waals surface area contributed by atoms with Gasteiger partial charge < -0.3 is 14.6 Å². The monoisotopic (exact) mass is 288 g/mol. The van der Waals surface area contributed by atoms with E-state index in [0.717, 1.165) is 5.56 Å². The molecule has 0 fully saturated rings. The standard InChI is InChI=1S/C15H16N2O4/c1-10-7-14(17-21-10)9-20-15(19)8-12-3-5-13(6-4-12)16-11(2)18/h3-7H,8-9H2,1-2H3,(H,16,18). The Hall–Kier alpha value is -2.63. The molecule has 0 aliphatic rings. The number of carbonyl (C=O) groups is 2. The number of rotatable bonds is 5. The van der Waals surface area contributed by atoms with Crippen molar-refractivity contribution < 1.29 is 18.8 Å². The van der Waals surface area contributed by atoms with Gasteiger partial charge in [-0.1, -0.05) is 17.3 Å². The Morgan fingerprint density at radius 3 is 2.57 bits per heavy atom. The smallest absolute Gasteiger partial charge is 0.310 e. The van der Waals surface area contributed by atoms with Crippen molar-refractivity contribution in [3.8, 4) is 0 Å². The van der Waals surface area contributed by atoms with Gasteiger partial charge in [0.1, 0.15) is 18.1 Å². The third-order valence-electron chi connectivity index (χ3n) is 2.68. The van der Waals surface area contributed by atoms with Crippen molar-refractivity contribution in [3.63, 3.8) is 0 Å². The third kappa shape index (κ3) is 4.76. The maximum atomic E-state index is 11.7. The lowest BCUT2D eigenvalue weighted by Gasteiger charge is -2.05. The van der Waals surface area contributed by atoms with Gasteiger partial charge >= 0.3 is 5.97 Å². The highest BCUT2D eigenvalue weighted by Gasteiger charge is 2.08. The normalized spacial score (nSPS) is 10.2. The van der Waals surface area contributed by atoms with E-state index in [1.165, 1.54) is 6.92 Å². The molecule has 0 radical (unpaired) electrons. The Morgan fingerprint density at radius 2 is 2.00 bits per heavy atom. The highest BCUT2D eigenvalue weighted by molar-refractivity contribution is 5.88. The van der Waals surface area contributed by atoms with Crippen LogP contribution in [0.15, 0.2) is 34.9 Å². The molecule has 0 saturated carbocycles. The van der Waals surface area contributed by atoms with Crippen LogP contribution in [0.2, 0.25) is 0 Å². The molecule has 0 spiro atoms. The zero-order valence-electron chi connectivity index (χ0n) is 11.9. The van der Waals surface area contributed by atoms with Gasteiger partial charge in [0, 0.05) is 18.7 Å². The van der Waals surface area contributed by atoms with Gasteiger partial charge in [0.15, 0.2) is 0 Å². The van der Waals surface area contributed by atoms with Gasteiger partial charge in [-0.15, -0.1) is 0 Å². The van der Waals surface area contributed by atoms with Crippen LogP contribution in [0.5, 0.6) is 0 Å². The summed E-state index contributed by atoms with van der Waals surface area (Å²) < 4.78 is 9.99. The second kappa shape index (κ2) is 6.69. The number of benzene rings is 1. The first-order chi connectivity index (χ1) is 10.0. The lowest BCUT2D eigenvalue weighted by Crippen LogP contribution is -2.09. The molecule has 0 bridgehead atoms. The van der Waals surface area contributed by atoms with E-state index in [2.05, 4.69) is 10.5 Å². The fourth-order valence-corrected chi connectivity index (χ4v) is 1.77. The van der Waals surface area contributed by atoms with Crippen molar-refractivity contribution in [2.75, 3.05) is 5.32 Å². The Balaban J connectivity index is 1.83. The first-order valence-corrected chi connectivity index (χ1v) is 6.47. The van der Waals surface area contributed by atoms with Crippen LogP contribution in [0.1, 0.15) is 23.9 Å². The largest absolute Gasteiger partial charge is 0.459 e. The third-order valence-corrected chi connectivity index (χ3v) is 2.68. The number of anilines is 1. The van der Waals surface area contributed by atoms with Crippen LogP contribution in [0.4, 0.5) is 5.69 Å². The number of carbonyl (C=O) groups excluding carboxylic acids is 2. The van der Waals surface area contributed by atoms with Gasteiger partial charge in [0.05, 0.1) is 6.42 Å². The Morgan fingerprint density at radius 1 is 1.29 bits per heavy atom. The number of hydrogen-bond donors (Lipinski definition) is 1. The molecule has 2 rings (SSSR count). The van der Waals surface area contributed by atoms with Crippen LogP contribution < -0.4 is 5.32 Å². The molecule has 0 atom stereocenters. The van der Waals surface area contributed by atoms with Gasteiger partial charge in [-0.2, -0.15) is 0 Å². The number of ether oxygens (including phenoxy) is 1. The average Bonchev–Trinajstić information content (AvgIpc) is 2.84. The van der Waals surface area contributed by atoms with Crippen molar-refractivity contribution in [1.29, 1.82) is 0 Å². The molecule has 1 aromatic carbocycles. The predicted molar refractivity (Wildman–Crippen MR) is 75.5 cm³/mol. The van der Waals surface area contributed by atoms with Crippen molar-refractivity contribution in [2.24, 2.45) is 0 Å². The molecular weight excluding hydrogens is 272 g/mol. The van der Waals surface area contributed by atoms with Crippen LogP contribution in [0.3, 0.4) is 0 Å². The summed E-state index contributed by atoms with van der Waals surface area (Å²) in [5.41, 5.74) is 2.09. The van der Waals surface area contributed by atoms with Crippen LogP contribution in [-0.2, 0) is 27.4 Å².